The van der Waals surface area contributed by atoms with Crippen LogP contribution in [-0.2, 0) is 0 Å². The van der Waals surface area contributed by atoms with Crippen molar-refractivity contribution in [2.45, 2.75) is 13.3 Å². The van der Waals surface area contributed by atoms with Gasteiger partial charge < -0.3 is 10.1 Å². The van der Waals surface area contributed by atoms with E-state index in [4.69, 9.17) is 11.2 Å². The second kappa shape index (κ2) is 5.87. The first-order valence-electron chi connectivity index (χ1n) is 4.63. The van der Waals surface area contributed by atoms with E-state index < -0.39 is 0 Å². The Bertz CT molecular complexity index is 317. The fourth-order valence-corrected chi connectivity index (χ4v) is 0.987. The molecule has 0 radical (unpaired) electrons. The second-order valence-corrected chi connectivity index (χ2v) is 2.76. The minimum Gasteiger partial charge on any atom is -0.490 e. The first kappa shape index (κ1) is 10.4. The topological polar surface area (TPSA) is 34.2 Å². The Kier molecular flexibility index (Phi) is 4.36. The van der Waals surface area contributed by atoms with Crippen molar-refractivity contribution in [3.05, 3.63) is 18.3 Å². The van der Waals surface area contributed by atoms with E-state index >= 15 is 0 Å². The maximum Gasteiger partial charge on any atom is 0.169 e. The summed E-state index contributed by atoms with van der Waals surface area (Å²) in [6.45, 7) is 3.21. The molecule has 0 amide bonds. The summed E-state index contributed by atoms with van der Waals surface area (Å²) >= 11 is 0. The Morgan fingerprint density at radius 1 is 1.64 bits per heavy atom. The maximum atomic E-state index is 5.49. The number of terminal acetylenes is 1. The quantitative estimate of drug-likeness (QED) is 0.720. The number of nitrogens with one attached hydrogen (secondary N) is 1. The van der Waals surface area contributed by atoms with Crippen molar-refractivity contribution in [3.63, 3.8) is 0 Å². The third-order valence-electron chi connectivity index (χ3n) is 1.59. The molecule has 0 spiro atoms. The number of hydrogen-bond donors (Lipinski definition) is 1. The van der Waals surface area contributed by atoms with Gasteiger partial charge in [-0.15, -0.1) is 6.42 Å². The second-order valence-electron chi connectivity index (χ2n) is 2.76. The lowest BCUT2D eigenvalue weighted by molar-refractivity contribution is 0.318. The molecular weight excluding hydrogens is 176 g/mol. The summed E-state index contributed by atoms with van der Waals surface area (Å²) in [5.74, 6) is 3.95. The van der Waals surface area contributed by atoms with Crippen LogP contribution in [0.2, 0.25) is 0 Å². The van der Waals surface area contributed by atoms with Crippen LogP contribution in [-0.4, -0.2) is 18.1 Å². The first-order chi connectivity index (χ1) is 6.88. The molecular formula is C11H14N2O. The third kappa shape index (κ3) is 2.98. The Labute approximate surface area is 84.5 Å². The molecule has 0 atom stereocenters. The molecule has 0 unspecified atom stereocenters. The zero-order valence-corrected chi connectivity index (χ0v) is 8.29. The number of hydrogen-bond acceptors (Lipinski definition) is 3. The number of pyridine rings is 1. The van der Waals surface area contributed by atoms with Crippen LogP contribution in [0.5, 0.6) is 5.75 Å². The van der Waals surface area contributed by atoms with Gasteiger partial charge in [0.1, 0.15) is 0 Å². The fourth-order valence-electron chi connectivity index (χ4n) is 0.987. The Morgan fingerprint density at radius 3 is 3.21 bits per heavy atom. The molecule has 1 aromatic rings. The Morgan fingerprint density at radius 2 is 2.50 bits per heavy atom. The number of anilines is 1. The summed E-state index contributed by atoms with van der Waals surface area (Å²) in [4.78, 5) is 4.14. The Hall–Kier alpha value is -1.69. The summed E-state index contributed by atoms with van der Waals surface area (Å²) in [5, 5.41) is 3.00. The standard InChI is InChI=1S/C11H14N2O/c1-3-7-12-11-10(14-9-4-2)6-5-8-13-11/h1,5-6,8H,4,7,9H2,2H3,(H,12,13). The first-order valence-corrected chi connectivity index (χ1v) is 4.63. The van der Waals surface area contributed by atoms with Crippen LogP contribution in [0.1, 0.15) is 13.3 Å². The van der Waals surface area contributed by atoms with Gasteiger partial charge in [-0.05, 0) is 18.6 Å². The van der Waals surface area contributed by atoms with Gasteiger partial charge in [0, 0.05) is 6.20 Å². The van der Waals surface area contributed by atoms with Crippen LogP contribution in [0, 0.1) is 12.3 Å². The summed E-state index contributed by atoms with van der Waals surface area (Å²) in [5.41, 5.74) is 0. The van der Waals surface area contributed by atoms with E-state index in [0.717, 1.165) is 12.2 Å². The molecule has 3 nitrogen and oxygen atoms in total. The lowest BCUT2D eigenvalue weighted by Gasteiger charge is -2.09. The van der Waals surface area contributed by atoms with Crippen molar-refractivity contribution in [1.29, 1.82) is 0 Å². The normalized spacial score (nSPS) is 9.14. The van der Waals surface area contributed by atoms with E-state index in [1.165, 1.54) is 0 Å². The molecule has 0 aliphatic rings. The summed E-state index contributed by atoms with van der Waals surface area (Å²) in [7, 11) is 0. The van der Waals surface area contributed by atoms with Crippen molar-refractivity contribution < 1.29 is 4.74 Å². The van der Waals surface area contributed by atoms with Crippen molar-refractivity contribution in [1.82, 2.24) is 4.98 Å². The number of nitrogens with zero attached hydrogens (tertiary/aromatic N) is 1. The molecule has 1 heterocycles. The van der Waals surface area contributed by atoms with Gasteiger partial charge in [0.25, 0.3) is 0 Å². The van der Waals surface area contributed by atoms with Crippen LogP contribution in [0.15, 0.2) is 18.3 Å². The molecule has 1 N–H and O–H groups in total. The van der Waals surface area contributed by atoms with Gasteiger partial charge in [-0.25, -0.2) is 4.98 Å². The van der Waals surface area contributed by atoms with E-state index in [2.05, 4.69) is 23.1 Å². The number of aromatic nitrogens is 1. The number of ether oxygens (including phenoxy) is 1. The lowest BCUT2D eigenvalue weighted by atomic mass is 10.4. The van der Waals surface area contributed by atoms with Crippen LogP contribution in [0.3, 0.4) is 0 Å². The molecule has 74 valence electrons. The predicted octanol–water partition coefficient (Wildman–Crippen LogP) is 1.92. The van der Waals surface area contributed by atoms with Crippen molar-refractivity contribution in [3.8, 4) is 18.1 Å². The van der Waals surface area contributed by atoms with Crippen LogP contribution >= 0.6 is 0 Å². The molecule has 0 saturated carbocycles. The molecule has 1 aromatic heterocycles. The van der Waals surface area contributed by atoms with Crippen molar-refractivity contribution in [2.24, 2.45) is 0 Å². The highest BCUT2D eigenvalue weighted by Crippen LogP contribution is 2.20. The SMILES string of the molecule is C#CCNc1ncccc1OCCC. The smallest absolute Gasteiger partial charge is 0.169 e. The van der Waals surface area contributed by atoms with Gasteiger partial charge in [0.15, 0.2) is 11.6 Å². The largest absolute Gasteiger partial charge is 0.490 e. The van der Waals surface area contributed by atoms with E-state index in [-0.39, 0.29) is 0 Å². The van der Waals surface area contributed by atoms with Crippen LogP contribution in [0.4, 0.5) is 5.82 Å². The minimum atomic E-state index is 0.458. The molecule has 0 fully saturated rings. The lowest BCUT2D eigenvalue weighted by Crippen LogP contribution is -2.04. The fraction of sp³-hybridized carbons (Fsp3) is 0.364. The molecule has 0 aliphatic carbocycles. The Balaban J connectivity index is 2.65. The zero-order valence-electron chi connectivity index (χ0n) is 8.29. The van der Waals surface area contributed by atoms with Gasteiger partial charge in [0.05, 0.1) is 13.2 Å². The monoisotopic (exact) mass is 190 g/mol. The van der Waals surface area contributed by atoms with Gasteiger partial charge in [0.2, 0.25) is 0 Å². The molecule has 1 rings (SSSR count). The third-order valence-corrected chi connectivity index (χ3v) is 1.59. The molecule has 0 aromatic carbocycles. The molecule has 0 bridgehead atoms. The van der Waals surface area contributed by atoms with Gasteiger partial charge in [-0.2, -0.15) is 0 Å². The average molecular weight is 190 g/mol. The van der Waals surface area contributed by atoms with Gasteiger partial charge in [-0.3, -0.25) is 0 Å². The average Bonchev–Trinajstić information content (AvgIpc) is 2.24. The van der Waals surface area contributed by atoms with E-state index in [9.17, 15) is 0 Å². The molecule has 3 heteroatoms. The van der Waals surface area contributed by atoms with E-state index in [0.29, 0.717) is 19.0 Å². The van der Waals surface area contributed by atoms with Crippen LogP contribution in [0.25, 0.3) is 0 Å². The molecule has 0 saturated heterocycles. The van der Waals surface area contributed by atoms with Crippen LogP contribution < -0.4 is 10.1 Å². The highest BCUT2D eigenvalue weighted by atomic mass is 16.5. The van der Waals surface area contributed by atoms with E-state index in [1.54, 1.807) is 6.20 Å². The molecule has 0 aliphatic heterocycles. The summed E-state index contributed by atoms with van der Waals surface area (Å²) in [6.07, 6.45) is 7.83. The van der Waals surface area contributed by atoms with Gasteiger partial charge in [-0.1, -0.05) is 12.8 Å². The van der Waals surface area contributed by atoms with Crippen molar-refractivity contribution in [2.75, 3.05) is 18.5 Å². The maximum absolute atomic E-state index is 5.49. The predicted molar refractivity (Wildman–Crippen MR) is 57.3 cm³/mol. The highest BCUT2D eigenvalue weighted by molar-refractivity contribution is 5.50. The number of rotatable bonds is 5. The summed E-state index contributed by atoms with van der Waals surface area (Å²) in [6, 6.07) is 3.72. The highest BCUT2D eigenvalue weighted by Gasteiger charge is 2.01. The zero-order chi connectivity index (χ0) is 10.2. The summed E-state index contributed by atoms with van der Waals surface area (Å²) < 4.78 is 5.49. The van der Waals surface area contributed by atoms with Gasteiger partial charge >= 0.3 is 0 Å². The van der Waals surface area contributed by atoms with E-state index in [1.807, 2.05) is 12.1 Å². The molecule has 14 heavy (non-hydrogen) atoms. The van der Waals surface area contributed by atoms with Crippen molar-refractivity contribution >= 4 is 5.82 Å². The minimum absolute atomic E-state index is 0.458.